The molecular weight excluding hydrogens is 431 g/mol. The van der Waals surface area contributed by atoms with Crippen LogP contribution in [0.3, 0.4) is 0 Å². The fourth-order valence-corrected chi connectivity index (χ4v) is 4.30. The standard InChI is InChI=1S/C25H24F3N3O2/c1-17-10-20(13-30-12-18-6-8-29-9-7-18)11-21-15-31(23(16-32)24(17)21)14-19-2-4-22(5-3-19)33-25(26,27)28/h2-11,16,23,30H,12-15H2,1H3. The number of carbonyl (C=O) groups is 1. The topological polar surface area (TPSA) is 54.5 Å². The number of carbonyl (C=O) groups excluding carboxylic acids is 1. The van der Waals surface area contributed by atoms with E-state index in [0.717, 1.165) is 46.2 Å². The minimum absolute atomic E-state index is 0.261. The second kappa shape index (κ2) is 9.72. The molecule has 1 atom stereocenters. The Morgan fingerprint density at radius 1 is 1.06 bits per heavy atom. The van der Waals surface area contributed by atoms with Gasteiger partial charge in [-0.25, -0.2) is 0 Å². The summed E-state index contributed by atoms with van der Waals surface area (Å²) >= 11 is 0. The number of alkyl halides is 3. The molecular formula is C25H24F3N3O2. The number of ether oxygens (including phenoxy) is 1. The molecule has 5 nitrogen and oxygen atoms in total. The highest BCUT2D eigenvalue weighted by atomic mass is 19.4. The van der Waals surface area contributed by atoms with Crippen molar-refractivity contribution >= 4 is 6.29 Å². The molecule has 0 amide bonds. The quantitative estimate of drug-likeness (QED) is 0.493. The molecule has 1 aromatic heterocycles. The van der Waals surface area contributed by atoms with Crippen molar-refractivity contribution in [3.05, 3.63) is 94.3 Å². The maximum atomic E-state index is 12.4. The van der Waals surface area contributed by atoms with Gasteiger partial charge in [0.05, 0.1) is 6.04 Å². The summed E-state index contributed by atoms with van der Waals surface area (Å²) in [5.41, 5.74) is 6.27. The Morgan fingerprint density at radius 2 is 1.76 bits per heavy atom. The smallest absolute Gasteiger partial charge is 0.406 e. The van der Waals surface area contributed by atoms with Crippen LogP contribution in [0.25, 0.3) is 0 Å². The summed E-state index contributed by atoms with van der Waals surface area (Å²) in [4.78, 5) is 18.0. The van der Waals surface area contributed by atoms with Crippen LogP contribution in [0, 0.1) is 6.92 Å². The maximum Gasteiger partial charge on any atom is 0.573 e. The summed E-state index contributed by atoms with van der Waals surface area (Å²) in [7, 11) is 0. The van der Waals surface area contributed by atoms with Crippen molar-refractivity contribution in [2.24, 2.45) is 0 Å². The Kier molecular flexibility index (Phi) is 6.76. The summed E-state index contributed by atoms with van der Waals surface area (Å²) in [5, 5.41) is 3.43. The zero-order chi connectivity index (χ0) is 23.4. The Morgan fingerprint density at radius 3 is 2.42 bits per heavy atom. The number of pyridine rings is 1. The first kappa shape index (κ1) is 22.9. The molecule has 2 heterocycles. The predicted octanol–water partition coefficient (Wildman–Crippen LogP) is 4.83. The highest BCUT2D eigenvalue weighted by Gasteiger charge is 2.32. The normalized spacial score (nSPS) is 15.9. The lowest BCUT2D eigenvalue weighted by Gasteiger charge is -2.21. The van der Waals surface area contributed by atoms with Gasteiger partial charge in [0.15, 0.2) is 0 Å². The van der Waals surface area contributed by atoms with Gasteiger partial charge in [-0.2, -0.15) is 0 Å². The largest absolute Gasteiger partial charge is 0.573 e. The molecule has 0 spiro atoms. The molecule has 1 unspecified atom stereocenters. The Bertz CT molecular complexity index is 1100. The third-order valence-electron chi connectivity index (χ3n) is 5.67. The lowest BCUT2D eigenvalue weighted by molar-refractivity contribution is -0.274. The van der Waals surface area contributed by atoms with Crippen LogP contribution in [0.4, 0.5) is 13.2 Å². The number of benzene rings is 2. The van der Waals surface area contributed by atoms with Crippen molar-refractivity contribution in [1.29, 1.82) is 0 Å². The van der Waals surface area contributed by atoms with Crippen molar-refractivity contribution in [2.45, 2.75) is 45.5 Å². The SMILES string of the molecule is Cc1cc(CNCc2ccncc2)cc2c1C(C=O)N(Cc1ccc(OC(F)(F)F)cc1)C2. The lowest BCUT2D eigenvalue weighted by atomic mass is 9.96. The number of nitrogens with zero attached hydrogens (tertiary/aromatic N) is 2. The van der Waals surface area contributed by atoms with Gasteiger partial charge >= 0.3 is 6.36 Å². The van der Waals surface area contributed by atoms with Crippen molar-refractivity contribution in [3.8, 4) is 5.75 Å². The molecule has 0 saturated carbocycles. The molecule has 0 fully saturated rings. The van der Waals surface area contributed by atoms with E-state index in [1.54, 1.807) is 24.5 Å². The molecule has 172 valence electrons. The van der Waals surface area contributed by atoms with Crippen LogP contribution in [-0.2, 0) is 31.0 Å². The molecule has 0 bridgehead atoms. The van der Waals surface area contributed by atoms with Gasteiger partial charge in [0, 0.05) is 38.6 Å². The molecule has 0 saturated heterocycles. The van der Waals surface area contributed by atoms with Gasteiger partial charge < -0.3 is 14.8 Å². The van der Waals surface area contributed by atoms with E-state index in [-0.39, 0.29) is 11.8 Å². The number of aromatic nitrogens is 1. The van der Waals surface area contributed by atoms with E-state index in [2.05, 4.69) is 27.2 Å². The van der Waals surface area contributed by atoms with Gasteiger partial charge in [0.25, 0.3) is 0 Å². The van der Waals surface area contributed by atoms with Crippen LogP contribution in [0.5, 0.6) is 5.75 Å². The maximum absolute atomic E-state index is 12.4. The third-order valence-corrected chi connectivity index (χ3v) is 5.67. The first-order valence-electron chi connectivity index (χ1n) is 10.6. The van der Waals surface area contributed by atoms with Crippen LogP contribution in [0.15, 0.2) is 60.9 Å². The first-order valence-corrected chi connectivity index (χ1v) is 10.6. The molecule has 0 radical (unpaired) electrons. The molecule has 1 N–H and O–H groups in total. The number of halogens is 3. The van der Waals surface area contributed by atoms with Crippen LogP contribution in [0.2, 0.25) is 0 Å². The lowest BCUT2D eigenvalue weighted by Crippen LogP contribution is -2.23. The fourth-order valence-electron chi connectivity index (χ4n) is 4.30. The Hall–Kier alpha value is -3.23. The molecule has 1 aliphatic heterocycles. The summed E-state index contributed by atoms with van der Waals surface area (Å²) in [6.07, 6.45) is -0.256. The summed E-state index contributed by atoms with van der Waals surface area (Å²) in [6.45, 7) is 4.48. The molecule has 0 aliphatic carbocycles. The summed E-state index contributed by atoms with van der Waals surface area (Å²) in [6, 6.07) is 13.5. The molecule has 1 aliphatic rings. The molecule has 4 rings (SSSR count). The van der Waals surface area contributed by atoms with Crippen molar-refractivity contribution in [3.63, 3.8) is 0 Å². The Labute approximate surface area is 190 Å². The molecule has 2 aromatic carbocycles. The van der Waals surface area contributed by atoms with Crippen LogP contribution >= 0.6 is 0 Å². The number of hydrogen-bond acceptors (Lipinski definition) is 5. The number of rotatable bonds is 8. The van der Waals surface area contributed by atoms with E-state index in [4.69, 9.17) is 0 Å². The third kappa shape index (κ3) is 5.77. The van der Waals surface area contributed by atoms with Gasteiger partial charge in [-0.1, -0.05) is 24.3 Å². The monoisotopic (exact) mass is 455 g/mol. The van der Waals surface area contributed by atoms with Gasteiger partial charge in [-0.15, -0.1) is 13.2 Å². The fraction of sp³-hybridized carbons (Fsp3) is 0.280. The second-order valence-corrected chi connectivity index (χ2v) is 8.12. The molecule has 33 heavy (non-hydrogen) atoms. The molecule has 3 aromatic rings. The first-order chi connectivity index (χ1) is 15.8. The predicted molar refractivity (Wildman–Crippen MR) is 117 cm³/mol. The summed E-state index contributed by atoms with van der Waals surface area (Å²) < 4.78 is 41.1. The van der Waals surface area contributed by atoms with E-state index in [1.165, 1.54) is 12.1 Å². The van der Waals surface area contributed by atoms with Crippen molar-refractivity contribution in [2.75, 3.05) is 0 Å². The molecule has 8 heteroatoms. The van der Waals surface area contributed by atoms with E-state index in [9.17, 15) is 18.0 Å². The van der Waals surface area contributed by atoms with Crippen molar-refractivity contribution in [1.82, 2.24) is 15.2 Å². The van der Waals surface area contributed by atoms with Gasteiger partial charge in [-0.05, 0) is 64.6 Å². The average Bonchev–Trinajstić information content (AvgIpc) is 3.12. The summed E-state index contributed by atoms with van der Waals surface area (Å²) in [5.74, 6) is -0.261. The number of aldehydes is 1. The highest BCUT2D eigenvalue weighted by Crippen LogP contribution is 2.37. The number of aryl methyl sites for hydroxylation is 1. The minimum atomic E-state index is -4.72. The number of hydrogen-bond donors (Lipinski definition) is 1. The van der Waals surface area contributed by atoms with Crippen LogP contribution < -0.4 is 10.1 Å². The van der Waals surface area contributed by atoms with E-state index in [1.807, 2.05) is 24.0 Å². The van der Waals surface area contributed by atoms with Gasteiger partial charge in [-0.3, -0.25) is 9.88 Å². The number of fused-ring (bicyclic) bond motifs is 1. The van der Waals surface area contributed by atoms with Crippen molar-refractivity contribution < 1.29 is 22.7 Å². The van der Waals surface area contributed by atoms with Crippen LogP contribution in [0.1, 0.15) is 39.4 Å². The van der Waals surface area contributed by atoms with E-state index < -0.39 is 6.36 Å². The average molecular weight is 455 g/mol. The zero-order valence-corrected chi connectivity index (χ0v) is 18.1. The van der Waals surface area contributed by atoms with Crippen LogP contribution in [-0.4, -0.2) is 22.5 Å². The Balaban J connectivity index is 1.43. The zero-order valence-electron chi connectivity index (χ0n) is 18.1. The highest BCUT2D eigenvalue weighted by molar-refractivity contribution is 5.66. The van der Waals surface area contributed by atoms with Gasteiger partial charge in [0.2, 0.25) is 0 Å². The minimum Gasteiger partial charge on any atom is -0.406 e. The van der Waals surface area contributed by atoms with E-state index >= 15 is 0 Å². The second-order valence-electron chi connectivity index (χ2n) is 8.12. The number of nitrogens with one attached hydrogen (secondary N) is 1. The van der Waals surface area contributed by atoms with Gasteiger partial charge in [0.1, 0.15) is 12.0 Å². The van der Waals surface area contributed by atoms with E-state index in [0.29, 0.717) is 19.6 Å².